The van der Waals surface area contributed by atoms with Gasteiger partial charge in [0.1, 0.15) is 5.92 Å². The van der Waals surface area contributed by atoms with Gasteiger partial charge in [-0.25, -0.2) is 0 Å². The van der Waals surface area contributed by atoms with E-state index in [0.717, 1.165) is 23.1 Å². The van der Waals surface area contributed by atoms with Crippen molar-refractivity contribution in [3.8, 4) is 0 Å². The average Bonchev–Trinajstić information content (AvgIpc) is 2.56. The van der Waals surface area contributed by atoms with Gasteiger partial charge in [-0.05, 0) is 62.0 Å². The maximum atomic E-state index is 13.4. The predicted molar refractivity (Wildman–Crippen MR) is 123 cm³/mol. The van der Waals surface area contributed by atoms with E-state index in [1.54, 1.807) is 0 Å². The molecule has 1 aromatic rings. The van der Waals surface area contributed by atoms with Crippen molar-refractivity contribution in [1.82, 2.24) is 0 Å². The summed E-state index contributed by atoms with van der Waals surface area (Å²) in [6, 6.07) is 4.02. The molecular formula is C24H40O4P+. The van der Waals surface area contributed by atoms with Crippen LogP contribution in [0.1, 0.15) is 81.4 Å². The second-order valence-electron chi connectivity index (χ2n) is 9.82. The monoisotopic (exact) mass is 423 g/mol. The molecule has 0 aliphatic rings. The van der Waals surface area contributed by atoms with Crippen molar-refractivity contribution in [2.24, 2.45) is 23.2 Å². The summed E-state index contributed by atoms with van der Waals surface area (Å²) in [7, 11) is 1.17. The lowest BCUT2D eigenvalue weighted by molar-refractivity contribution is -0.148. The Morgan fingerprint density at radius 1 is 1.00 bits per heavy atom. The third kappa shape index (κ3) is 9.67. The second-order valence-corrected chi connectivity index (χ2v) is 9.82. The Morgan fingerprint density at radius 2 is 1.48 bits per heavy atom. The Morgan fingerprint density at radius 3 is 1.90 bits per heavy atom. The van der Waals surface area contributed by atoms with Crippen LogP contribution >= 0.6 is 9.12 Å². The fraction of sp³-hybridized carbons (Fsp3) is 0.667. The molecule has 0 N–H and O–H groups in total. The molecule has 0 amide bonds. The number of ether oxygens (including phenoxy) is 1. The van der Waals surface area contributed by atoms with Crippen molar-refractivity contribution in [2.45, 2.75) is 75.2 Å². The van der Waals surface area contributed by atoms with Crippen molar-refractivity contribution >= 4 is 20.9 Å². The molecule has 4 nitrogen and oxygen atoms in total. The molecule has 0 fully saturated rings. The zero-order chi connectivity index (χ0) is 22.9. The van der Waals surface area contributed by atoms with Gasteiger partial charge in [-0.1, -0.05) is 63.8 Å². The van der Waals surface area contributed by atoms with Crippen LogP contribution < -0.4 is 0 Å². The molecule has 164 valence electrons. The van der Waals surface area contributed by atoms with Gasteiger partial charge in [-0.2, -0.15) is 0 Å². The molecule has 0 aliphatic heterocycles. The fourth-order valence-electron chi connectivity index (χ4n) is 3.93. The number of esters is 1. The van der Waals surface area contributed by atoms with E-state index >= 15 is 0 Å². The highest BCUT2D eigenvalue weighted by Crippen LogP contribution is 2.31. The summed E-state index contributed by atoms with van der Waals surface area (Å²) in [6.07, 6.45) is 1.49. The lowest BCUT2D eigenvalue weighted by Gasteiger charge is -2.26. The first-order valence-corrected chi connectivity index (χ1v) is 10.8. The molecule has 0 aliphatic carbocycles. The molecular weight excluding hydrogens is 383 g/mol. The number of Topliss-reactive ketones (excluding diaryl/α,β-unsaturated/α-hetero) is 1. The number of aryl methyl sites for hydroxylation is 3. The lowest BCUT2D eigenvalue weighted by atomic mass is 9.79. The van der Waals surface area contributed by atoms with E-state index in [1.165, 1.54) is 9.12 Å². The quantitative estimate of drug-likeness (QED) is 0.214. The number of carbonyl (C=O) groups is 2. The Bertz CT molecular complexity index is 666. The van der Waals surface area contributed by atoms with Crippen LogP contribution in [0.25, 0.3) is 0 Å². The van der Waals surface area contributed by atoms with E-state index in [1.807, 2.05) is 46.8 Å². The topological polar surface area (TPSA) is 60.4 Å². The van der Waals surface area contributed by atoms with Crippen LogP contribution in [-0.2, 0) is 14.1 Å². The largest absolute Gasteiger partial charge is 0.465 e. The van der Waals surface area contributed by atoms with Crippen LogP contribution in [0.15, 0.2) is 12.1 Å². The molecule has 3 unspecified atom stereocenters. The summed E-state index contributed by atoms with van der Waals surface area (Å²) in [6.45, 7) is 18.9. The molecule has 29 heavy (non-hydrogen) atoms. The normalized spacial score (nSPS) is 13.3. The highest BCUT2D eigenvalue weighted by Gasteiger charge is 2.33. The summed E-state index contributed by atoms with van der Waals surface area (Å²) < 4.78 is 13.6. The Labute approximate surface area is 179 Å². The van der Waals surface area contributed by atoms with Crippen LogP contribution in [0, 0.1) is 43.9 Å². The SMILES string of the molecule is Cc1cc(C)c(C(=O)C(CC(C)CC(C)(C)C)C(=O)OCC(C)C)c(C)c1.O=[PH2+]. The van der Waals surface area contributed by atoms with E-state index in [-0.39, 0.29) is 29.0 Å². The van der Waals surface area contributed by atoms with Gasteiger partial charge in [0.15, 0.2) is 5.78 Å². The smallest absolute Gasteiger partial charge is 0.316 e. The van der Waals surface area contributed by atoms with E-state index in [2.05, 4.69) is 27.7 Å². The van der Waals surface area contributed by atoms with Gasteiger partial charge < -0.3 is 4.74 Å². The van der Waals surface area contributed by atoms with Gasteiger partial charge in [-0.3, -0.25) is 9.59 Å². The summed E-state index contributed by atoms with van der Waals surface area (Å²) >= 11 is 0. The molecule has 0 bridgehead atoms. The average molecular weight is 424 g/mol. The van der Waals surface area contributed by atoms with Crippen LogP contribution in [0.4, 0.5) is 0 Å². The Hall–Kier alpha value is -1.54. The minimum Gasteiger partial charge on any atom is -0.465 e. The molecule has 5 heteroatoms. The number of hydrogen-bond donors (Lipinski definition) is 0. The lowest BCUT2D eigenvalue weighted by Crippen LogP contribution is -2.30. The van der Waals surface area contributed by atoms with Crippen molar-refractivity contribution in [3.63, 3.8) is 0 Å². The molecule has 1 rings (SSSR count). The third-order valence-electron chi connectivity index (χ3n) is 4.68. The predicted octanol–water partition coefficient (Wildman–Crippen LogP) is 6.28. The Kier molecular flexibility index (Phi) is 11.6. The van der Waals surface area contributed by atoms with E-state index < -0.39 is 5.92 Å². The molecule has 0 heterocycles. The van der Waals surface area contributed by atoms with Crippen LogP contribution in [0.2, 0.25) is 0 Å². The third-order valence-corrected chi connectivity index (χ3v) is 4.68. The number of ketones is 1. The van der Waals surface area contributed by atoms with Crippen LogP contribution in [0.3, 0.4) is 0 Å². The fourth-order valence-corrected chi connectivity index (χ4v) is 3.93. The second kappa shape index (κ2) is 12.2. The molecule has 0 aromatic heterocycles. The number of rotatable bonds is 8. The van der Waals surface area contributed by atoms with E-state index in [9.17, 15) is 9.59 Å². The molecule has 0 radical (unpaired) electrons. The molecule has 1 aromatic carbocycles. The zero-order valence-electron chi connectivity index (χ0n) is 19.7. The maximum absolute atomic E-state index is 13.4. The van der Waals surface area contributed by atoms with Crippen LogP contribution in [-0.4, -0.2) is 18.4 Å². The van der Waals surface area contributed by atoms with Crippen molar-refractivity contribution in [1.29, 1.82) is 0 Å². The maximum Gasteiger partial charge on any atom is 0.316 e. The van der Waals surface area contributed by atoms with Crippen molar-refractivity contribution < 1.29 is 18.9 Å². The Balaban J connectivity index is 0.00000379. The first kappa shape index (κ1) is 27.5. The van der Waals surface area contributed by atoms with Crippen molar-refractivity contribution in [2.75, 3.05) is 6.61 Å². The van der Waals surface area contributed by atoms with Gasteiger partial charge in [-0.15, -0.1) is 0 Å². The number of benzene rings is 1. The zero-order valence-corrected chi connectivity index (χ0v) is 20.9. The van der Waals surface area contributed by atoms with Gasteiger partial charge in [0.05, 0.1) is 6.61 Å². The molecule has 0 saturated heterocycles. The molecule has 3 atom stereocenters. The van der Waals surface area contributed by atoms with Gasteiger partial charge in [0.2, 0.25) is 0 Å². The highest BCUT2D eigenvalue weighted by molar-refractivity contribution is 7.00. The van der Waals surface area contributed by atoms with Gasteiger partial charge >= 0.3 is 15.1 Å². The summed E-state index contributed by atoms with van der Waals surface area (Å²) in [5.41, 5.74) is 3.83. The standard InChI is InChI=1S/C24H38O3.H2OP/c1-15(2)14-27-23(26)20(12-17(4)13-24(7,8)9)22(25)21-18(5)10-16(3)11-19(21)6;1-2/h10-11,15,17,20H,12-14H2,1-9H3;2H2/q;+1. The molecule has 0 spiro atoms. The number of carbonyl (C=O) groups excluding carboxylic acids is 2. The van der Waals surface area contributed by atoms with Crippen LogP contribution in [0.5, 0.6) is 0 Å². The first-order valence-electron chi connectivity index (χ1n) is 10.3. The van der Waals surface area contributed by atoms with Crippen molar-refractivity contribution in [3.05, 3.63) is 34.4 Å². The van der Waals surface area contributed by atoms with E-state index in [0.29, 0.717) is 18.6 Å². The van der Waals surface area contributed by atoms with Gasteiger partial charge in [0, 0.05) is 5.56 Å². The minimum atomic E-state index is -0.735. The summed E-state index contributed by atoms with van der Waals surface area (Å²) in [5.74, 6) is -0.703. The first-order chi connectivity index (χ1) is 13.3. The van der Waals surface area contributed by atoms with E-state index in [4.69, 9.17) is 9.30 Å². The highest BCUT2D eigenvalue weighted by atomic mass is 31.0. The summed E-state index contributed by atoms with van der Waals surface area (Å²) in [4.78, 5) is 26.2. The number of hydrogen-bond acceptors (Lipinski definition) is 4. The molecule has 0 saturated carbocycles. The minimum absolute atomic E-state index is 0.0977. The van der Waals surface area contributed by atoms with Gasteiger partial charge in [0.25, 0.3) is 0 Å². The summed E-state index contributed by atoms with van der Waals surface area (Å²) in [5, 5.41) is 0.